The summed E-state index contributed by atoms with van der Waals surface area (Å²) < 4.78 is 11.2. The van der Waals surface area contributed by atoms with E-state index in [-0.39, 0.29) is 0 Å². The fraction of sp³-hybridized carbons (Fsp3) is 0.625. The van der Waals surface area contributed by atoms with Gasteiger partial charge in [0, 0.05) is 11.8 Å². The Labute approximate surface area is 126 Å². The Kier molecular flexibility index (Phi) is 6.05. The van der Waals surface area contributed by atoms with E-state index in [1.165, 1.54) is 17.7 Å². The van der Waals surface area contributed by atoms with Crippen molar-refractivity contribution < 1.29 is 9.47 Å². The Morgan fingerprint density at radius 2 is 1.95 bits per heavy atom. The number of nitrogens with one attached hydrogen (secondary N) is 1. The normalized spacial score (nSPS) is 15.4. The molecule has 0 saturated carbocycles. The Morgan fingerprint density at radius 3 is 2.65 bits per heavy atom. The SMILES string of the molecule is CNC(CSCCC(C)C)c1ccc2c(c1)OCCO2. The molecule has 20 heavy (non-hydrogen) atoms. The Bertz CT molecular complexity index is 423. The maximum Gasteiger partial charge on any atom is 0.161 e. The first kappa shape index (κ1) is 15.5. The fourth-order valence-electron chi connectivity index (χ4n) is 2.14. The summed E-state index contributed by atoms with van der Waals surface area (Å²) in [6, 6.07) is 6.63. The number of thioether (sulfide) groups is 1. The maximum absolute atomic E-state index is 5.66. The zero-order chi connectivity index (χ0) is 14.4. The minimum Gasteiger partial charge on any atom is -0.486 e. The number of rotatable bonds is 7. The first-order valence-electron chi connectivity index (χ1n) is 7.35. The topological polar surface area (TPSA) is 30.5 Å². The average Bonchev–Trinajstić information content (AvgIpc) is 2.46. The third kappa shape index (κ3) is 4.32. The van der Waals surface area contributed by atoms with Crippen LogP contribution in [0.1, 0.15) is 31.9 Å². The van der Waals surface area contributed by atoms with Crippen molar-refractivity contribution in [3.63, 3.8) is 0 Å². The predicted molar refractivity (Wildman–Crippen MR) is 86.0 cm³/mol. The van der Waals surface area contributed by atoms with E-state index in [4.69, 9.17) is 9.47 Å². The van der Waals surface area contributed by atoms with Crippen molar-refractivity contribution in [1.82, 2.24) is 5.32 Å². The van der Waals surface area contributed by atoms with Gasteiger partial charge < -0.3 is 14.8 Å². The zero-order valence-electron chi connectivity index (χ0n) is 12.6. The van der Waals surface area contributed by atoms with Crippen molar-refractivity contribution >= 4 is 11.8 Å². The van der Waals surface area contributed by atoms with Gasteiger partial charge in [0.05, 0.1) is 0 Å². The first-order valence-corrected chi connectivity index (χ1v) is 8.50. The van der Waals surface area contributed by atoms with Crippen LogP contribution in [0.2, 0.25) is 0 Å². The monoisotopic (exact) mass is 295 g/mol. The molecule has 0 aromatic heterocycles. The number of benzene rings is 1. The summed E-state index contributed by atoms with van der Waals surface area (Å²) in [7, 11) is 2.02. The summed E-state index contributed by atoms with van der Waals surface area (Å²) >= 11 is 2.01. The van der Waals surface area contributed by atoms with Crippen LogP contribution in [0.3, 0.4) is 0 Å². The molecule has 0 saturated heterocycles. The minimum absolute atomic E-state index is 0.364. The smallest absolute Gasteiger partial charge is 0.161 e. The zero-order valence-corrected chi connectivity index (χ0v) is 13.5. The van der Waals surface area contributed by atoms with Gasteiger partial charge in [-0.3, -0.25) is 0 Å². The summed E-state index contributed by atoms with van der Waals surface area (Å²) in [5.41, 5.74) is 1.27. The summed E-state index contributed by atoms with van der Waals surface area (Å²) in [5.74, 6) is 4.83. The largest absolute Gasteiger partial charge is 0.486 e. The number of ether oxygens (including phenoxy) is 2. The standard InChI is InChI=1S/C16H25NO2S/c1-12(2)6-9-20-11-14(17-3)13-4-5-15-16(10-13)19-8-7-18-15/h4-5,10,12,14,17H,6-9,11H2,1-3H3. The van der Waals surface area contributed by atoms with Crippen molar-refractivity contribution in [2.24, 2.45) is 5.92 Å². The van der Waals surface area contributed by atoms with E-state index in [0.29, 0.717) is 19.3 Å². The Hall–Kier alpha value is -0.870. The van der Waals surface area contributed by atoms with Crippen LogP contribution < -0.4 is 14.8 Å². The second-order valence-corrected chi connectivity index (χ2v) is 6.65. The molecule has 0 spiro atoms. The molecule has 0 aliphatic carbocycles. The van der Waals surface area contributed by atoms with E-state index < -0.39 is 0 Å². The van der Waals surface area contributed by atoms with Crippen LogP contribution in [0, 0.1) is 5.92 Å². The second kappa shape index (κ2) is 7.79. The number of fused-ring (bicyclic) bond motifs is 1. The Balaban J connectivity index is 1.93. The van der Waals surface area contributed by atoms with Gasteiger partial charge in [-0.15, -0.1) is 0 Å². The maximum atomic E-state index is 5.66. The van der Waals surface area contributed by atoms with E-state index in [9.17, 15) is 0 Å². The van der Waals surface area contributed by atoms with Gasteiger partial charge in [0.25, 0.3) is 0 Å². The van der Waals surface area contributed by atoms with Crippen LogP contribution in [0.4, 0.5) is 0 Å². The molecule has 1 unspecified atom stereocenters. The lowest BCUT2D eigenvalue weighted by atomic mass is 10.1. The van der Waals surface area contributed by atoms with Gasteiger partial charge in [0.2, 0.25) is 0 Å². The van der Waals surface area contributed by atoms with Gasteiger partial charge in [-0.2, -0.15) is 11.8 Å². The summed E-state index contributed by atoms with van der Waals surface area (Å²) in [4.78, 5) is 0. The van der Waals surface area contributed by atoms with Crippen LogP contribution in [0.25, 0.3) is 0 Å². The van der Waals surface area contributed by atoms with Crippen molar-refractivity contribution in [3.05, 3.63) is 23.8 Å². The molecular formula is C16H25NO2S. The summed E-state index contributed by atoms with van der Waals surface area (Å²) in [5, 5.41) is 3.40. The Morgan fingerprint density at radius 1 is 1.20 bits per heavy atom. The summed E-state index contributed by atoms with van der Waals surface area (Å²) in [6.07, 6.45) is 1.28. The molecule has 2 rings (SSSR count). The van der Waals surface area contributed by atoms with E-state index >= 15 is 0 Å². The second-order valence-electron chi connectivity index (χ2n) is 5.50. The first-order chi connectivity index (χ1) is 9.70. The lowest BCUT2D eigenvalue weighted by molar-refractivity contribution is 0.171. The summed E-state index contributed by atoms with van der Waals surface area (Å²) in [6.45, 7) is 5.84. The van der Waals surface area contributed by atoms with E-state index in [1.54, 1.807) is 0 Å². The highest BCUT2D eigenvalue weighted by Crippen LogP contribution is 2.33. The van der Waals surface area contributed by atoms with Gasteiger partial charge in [-0.05, 0) is 42.8 Å². The molecule has 0 amide bonds. The van der Waals surface area contributed by atoms with Gasteiger partial charge in [-0.1, -0.05) is 19.9 Å². The van der Waals surface area contributed by atoms with Crippen molar-refractivity contribution in [2.45, 2.75) is 26.3 Å². The molecule has 0 radical (unpaired) electrons. The van der Waals surface area contributed by atoms with Crippen LogP contribution >= 0.6 is 11.8 Å². The van der Waals surface area contributed by atoms with Gasteiger partial charge in [0.1, 0.15) is 13.2 Å². The van der Waals surface area contributed by atoms with Crippen LogP contribution in [-0.2, 0) is 0 Å². The van der Waals surface area contributed by atoms with Crippen LogP contribution in [0.15, 0.2) is 18.2 Å². The molecule has 0 fully saturated rings. The van der Waals surface area contributed by atoms with Crippen molar-refractivity contribution in [2.75, 3.05) is 31.8 Å². The fourth-order valence-corrected chi connectivity index (χ4v) is 3.54. The third-order valence-corrected chi connectivity index (χ3v) is 4.53. The van der Waals surface area contributed by atoms with Gasteiger partial charge in [0.15, 0.2) is 11.5 Å². The molecular weight excluding hydrogens is 270 g/mol. The molecule has 1 N–H and O–H groups in total. The quantitative estimate of drug-likeness (QED) is 0.780. The van der Waals surface area contributed by atoms with Crippen molar-refractivity contribution in [3.8, 4) is 11.5 Å². The highest BCUT2D eigenvalue weighted by molar-refractivity contribution is 7.99. The highest BCUT2D eigenvalue weighted by atomic mass is 32.2. The van der Waals surface area contributed by atoms with Crippen molar-refractivity contribution in [1.29, 1.82) is 0 Å². The van der Waals surface area contributed by atoms with E-state index in [0.717, 1.165) is 23.2 Å². The lowest BCUT2D eigenvalue weighted by Crippen LogP contribution is -2.20. The third-order valence-electron chi connectivity index (χ3n) is 3.44. The lowest BCUT2D eigenvalue weighted by Gasteiger charge is -2.22. The average molecular weight is 295 g/mol. The molecule has 1 heterocycles. The predicted octanol–water partition coefficient (Wildman–Crippen LogP) is 3.50. The molecule has 1 aliphatic rings. The van der Waals surface area contributed by atoms with Gasteiger partial charge in [-0.25, -0.2) is 0 Å². The molecule has 112 valence electrons. The molecule has 1 atom stereocenters. The van der Waals surface area contributed by atoms with Gasteiger partial charge >= 0.3 is 0 Å². The molecule has 3 nitrogen and oxygen atoms in total. The van der Waals surface area contributed by atoms with Crippen LogP contribution in [-0.4, -0.2) is 31.8 Å². The molecule has 1 aromatic rings. The number of hydrogen-bond donors (Lipinski definition) is 1. The van der Waals surface area contributed by atoms with E-state index in [2.05, 4.69) is 31.3 Å². The highest BCUT2D eigenvalue weighted by Gasteiger charge is 2.16. The van der Waals surface area contributed by atoms with Crippen LogP contribution in [0.5, 0.6) is 11.5 Å². The molecule has 1 aromatic carbocycles. The van der Waals surface area contributed by atoms with E-state index in [1.807, 2.05) is 24.9 Å². The molecule has 1 aliphatic heterocycles. The molecule has 0 bridgehead atoms. The molecule has 4 heteroatoms. The number of hydrogen-bond acceptors (Lipinski definition) is 4. The minimum atomic E-state index is 0.364.